The molecule has 0 spiro atoms. The summed E-state index contributed by atoms with van der Waals surface area (Å²) in [5.74, 6) is 1.05. The van der Waals surface area contributed by atoms with Crippen LogP contribution in [0, 0.1) is 0 Å². The summed E-state index contributed by atoms with van der Waals surface area (Å²) in [6.07, 6.45) is 9.56. The average molecular weight is 371 g/mol. The van der Waals surface area contributed by atoms with Gasteiger partial charge in [-0.05, 0) is 25.5 Å². The van der Waals surface area contributed by atoms with Gasteiger partial charge in [0.25, 0.3) is 0 Å². The summed E-state index contributed by atoms with van der Waals surface area (Å²) in [5, 5.41) is 3.07. The highest BCUT2D eigenvalue weighted by atomic mass is 16.5. The molecule has 2 saturated heterocycles. The normalized spacial score (nSPS) is 23.1. The Labute approximate surface area is 158 Å². The van der Waals surface area contributed by atoms with Crippen LogP contribution in [0.25, 0.3) is 0 Å². The van der Waals surface area contributed by atoms with E-state index in [1.54, 1.807) is 19.3 Å². The topological polar surface area (TPSA) is 87.7 Å². The molecular formula is C19H25N5O3. The second-order valence-electron chi connectivity index (χ2n) is 7.37. The van der Waals surface area contributed by atoms with Gasteiger partial charge < -0.3 is 19.9 Å². The Morgan fingerprint density at radius 1 is 1.15 bits per heavy atom. The molecule has 4 rings (SSSR count). The van der Waals surface area contributed by atoms with Crippen molar-refractivity contribution in [3.63, 3.8) is 0 Å². The summed E-state index contributed by atoms with van der Waals surface area (Å²) >= 11 is 0. The van der Waals surface area contributed by atoms with Crippen LogP contribution in [-0.4, -0.2) is 69.9 Å². The standard InChI is InChI=1S/C19H25N5O3/c1-13(25)23-9-4-14(5-10-23)17-18(22-8-7-21-17)27-15-11-24(12-15)19(26)16-3-2-6-20-16/h2,6-8,14-16,20H,3-5,9-12H2,1H3. The molecule has 3 aliphatic rings. The Balaban J connectivity index is 1.33. The van der Waals surface area contributed by atoms with E-state index in [9.17, 15) is 9.59 Å². The molecule has 8 heteroatoms. The van der Waals surface area contributed by atoms with E-state index in [0.717, 1.165) is 38.0 Å². The van der Waals surface area contributed by atoms with Gasteiger partial charge in [0.1, 0.15) is 17.8 Å². The van der Waals surface area contributed by atoms with Gasteiger partial charge in [-0.3, -0.25) is 14.6 Å². The fourth-order valence-electron chi connectivity index (χ4n) is 3.87. The average Bonchev–Trinajstić information content (AvgIpc) is 3.19. The predicted molar refractivity (Wildman–Crippen MR) is 97.9 cm³/mol. The van der Waals surface area contributed by atoms with Gasteiger partial charge in [0.15, 0.2) is 0 Å². The lowest BCUT2D eigenvalue weighted by molar-refractivity contribution is -0.142. The van der Waals surface area contributed by atoms with E-state index in [1.165, 1.54) is 0 Å². The molecule has 1 unspecified atom stereocenters. The van der Waals surface area contributed by atoms with E-state index in [1.807, 2.05) is 22.1 Å². The molecule has 27 heavy (non-hydrogen) atoms. The van der Waals surface area contributed by atoms with Crippen molar-refractivity contribution in [1.29, 1.82) is 0 Å². The molecule has 0 aromatic carbocycles. The molecule has 8 nitrogen and oxygen atoms in total. The number of ether oxygens (including phenoxy) is 1. The summed E-state index contributed by atoms with van der Waals surface area (Å²) in [7, 11) is 0. The second-order valence-corrected chi connectivity index (χ2v) is 7.37. The zero-order chi connectivity index (χ0) is 18.8. The number of hydrogen-bond acceptors (Lipinski definition) is 6. The highest BCUT2D eigenvalue weighted by molar-refractivity contribution is 5.83. The fraction of sp³-hybridized carbons (Fsp3) is 0.579. The SMILES string of the molecule is CC(=O)N1CCC(c2nccnc2OC2CN(C(=O)C3CC=CN3)C2)CC1. The molecule has 0 aliphatic carbocycles. The van der Waals surface area contributed by atoms with Gasteiger partial charge in [-0.1, -0.05) is 6.08 Å². The van der Waals surface area contributed by atoms with Crippen LogP contribution >= 0.6 is 0 Å². The van der Waals surface area contributed by atoms with Crippen molar-refractivity contribution in [3.05, 3.63) is 30.4 Å². The molecular weight excluding hydrogens is 346 g/mol. The van der Waals surface area contributed by atoms with Gasteiger partial charge in [0, 0.05) is 38.3 Å². The number of carbonyl (C=O) groups is 2. The second kappa shape index (κ2) is 7.54. The number of carbonyl (C=O) groups excluding carboxylic acids is 2. The number of amides is 2. The molecule has 0 radical (unpaired) electrons. The van der Waals surface area contributed by atoms with Gasteiger partial charge in [0.2, 0.25) is 17.7 Å². The highest BCUT2D eigenvalue weighted by Crippen LogP contribution is 2.32. The molecule has 1 aromatic heterocycles. The molecule has 0 bridgehead atoms. The Morgan fingerprint density at radius 2 is 1.89 bits per heavy atom. The summed E-state index contributed by atoms with van der Waals surface area (Å²) in [6.45, 7) is 4.25. The fourth-order valence-corrected chi connectivity index (χ4v) is 3.87. The molecule has 1 N–H and O–H groups in total. The molecule has 4 heterocycles. The minimum atomic E-state index is -0.135. The molecule has 144 valence electrons. The number of rotatable bonds is 4. The molecule has 1 atom stereocenters. The summed E-state index contributed by atoms with van der Waals surface area (Å²) in [5.41, 5.74) is 0.868. The molecule has 3 aliphatic heterocycles. The number of nitrogens with one attached hydrogen (secondary N) is 1. The maximum atomic E-state index is 12.3. The first-order chi connectivity index (χ1) is 13.1. The lowest BCUT2D eigenvalue weighted by atomic mass is 9.93. The summed E-state index contributed by atoms with van der Waals surface area (Å²) < 4.78 is 6.07. The van der Waals surface area contributed by atoms with Gasteiger partial charge >= 0.3 is 0 Å². The summed E-state index contributed by atoms with van der Waals surface area (Å²) in [6, 6.07) is -0.135. The van der Waals surface area contributed by atoms with Crippen molar-refractivity contribution in [2.24, 2.45) is 0 Å². The largest absolute Gasteiger partial charge is 0.469 e. The van der Waals surface area contributed by atoms with Crippen molar-refractivity contribution >= 4 is 11.8 Å². The molecule has 2 fully saturated rings. The monoisotopic (exact) mass is 371 g/mol. The van der Waals surface area contributed by atoms with Crippen molar-refractivity contribution in [1.82, 2.24) is 25.1 Å². The summed E-state index contributed by atoms with van der Waals surface area (Å²) in [4.78, 5) is 36.4. The third-order valence-electron chi connectivity index (χ3n) is 5.54. The van der Waals surface area contributed by atoms with Crippen LogP contribution < -0.4 is 10.1 Å². The van der Waals surface area contributed by atoms with Crippen molar-refractivity contribution in [2.75, 3.05) is 26.2 Å². The number of aromatic nitrogens is 2. The predicted octanol–water partition coefficient (Wildman–Crippen LogP) is 0.668. The number of likely N-dealkylation sites (tertiary alicyclic amines) is 2. The smallest absolute Gasteiger partial charge is 0.245 e. The lowest BCUT2D eigenvalue weighted by Crippen LogP contribution is -2.59. The maximum Gasteiger partial charge on any atom is 0.245 e. The minimum absolute atomic E-state index is 0.0453. The van der Waals surface area contributed by atoms with E-state index >= 15 is 0 Å². The van der Waals surface area contributed by atoms with Gasteiger partial charge in [-0.2, -0.15) is 0 Å². The quantitative estimate of drug-likeness (QED) is 0.837. The van der Waals surface area contributed by atoms with Crippen LogP contribution in [0.15, 0.2) is 24.7 Å². The first-order valence-electron chi connectivity index (χ1n) is 9.54. The molecule has 1 aromatic rings. The van der Waals surface area contributed by atoms with Crippen molar-refractivity contribution in [3.8, 4) is 5.88 Å². The first kappa shape index (κ1) is 17.8. The molecule has 0 saturated carbocycles. The van der Waals surface area contributed by atoms with Crippen LogP contribution in [0.3, 0.4) is 0 Å². The zero-order valence-electron chi connectivity index (χ0n) is 15.5. The highest BCUT2D eigenvalue weighted by Gasteiger charge is 2.37. The molecule has 2 amide bonds. The Hall–Kier alpha value is -2.64. The van der Waals surface area contributed by atoms with Crippen molar-refractivity contribution < 1.29 is 14.3 Å². The van der Waals surface area contributed by atoms with E-state index in [2.05, 4.69) is 15.3 Å². The Bertz CT molecular complexity index is 731. The van der Waals surface area contributed by atoms with E-state index in [4.69, 9.17) is 4.74 Å². The van der Waals surface area contributed by atoms with Gasteiger partial charge in [-0.25, -0.2) is 4.98 Å². The number of nitrogens with zero attached hydrogens (tertiary/aromatic N) is 4. The lowest BCUT2D eigenvalue weighted by Gasteiger charge is -2.40. The van der Waals surface area contributed by atoms with Gasteiger partial charge in [-0.15, -0.1) is 0 Å². The Morgan fingerprint density at radius 3 is 2.56 bits per heavy atom. The third-order valence-corrected chi connectivity index (χ3v) is 5.54. The van der Waals surface area contributed by atoms with Crippen LogP contribution in [-0.2, 0) is 9.59 Å². The van der Waals surface area contributed by atoms with E-state index < -0.39 is 0 Å². The van der Waals surface area contributed by atoms with Crippen LogP contribution in [0.4, 0.5) is 0 Å². The maximum absolute atomic E-state index is 12.3. The van der Waals surface area contributed by atoms with Crippen LogP contribution in [0.5, 0.6) is 5.88 Å². The zero-order valence-corrected chi connectivity index (χ0v) is 15.5. The van der Waals surface area contributed by atoms with Crippen LogP contribution in [0.2, 0.25) is 0 Å². The minimum Gasteiger partial charge on any atom is -0.469 e. The first-order valence-corrected chi connectivity index (χ1v) is 9.54. The number of piperidine rings is 1. The Kier molecular flexibility index (Phi) is 4.96. The third kappa shape index (κ3) is 3.74. The number of hydrogen-bond donors (Lipinski definition) is 1. The van der Waals surface area contributed by atoms with Crippen LogP contribution in [0.1, 0.15) is 37.8 Å². The van der Waals surface area contributed by atoms with E-state index in [0.29, 0.717) is 19.0 Å². The van der Waals surface area contributed by atoms with Gasteiger partial charge in [0.05, 0.1) is 13.1 Å². The van der Waals surface area contributed by atoms with E-state index in [-0.39, 0.29) is 29.9 Å². The van der Waals surface area contributed by atoms with Crippen molar-refractivity contribution in [2.45, 2.75) is 44.2 Å².